The van der Waals surface area contributed by atoms with Crippen LogP contribution >= 0.6 is 0 Å². The summed E-state index contributed by atoms with van der Waals surface area (Å²) in [4.78, 5) is 12.7. The number of methoxy groups -OCH3 is 1. The maximum Gasteiger partial charge on any atom is 0.311 e. The summed E-state index contributed by atoms with van der Waals surface area (Å²) in [5.74, 6) is 0.296. The first-order valence-electron chi connectivity index (χ1n) is 6.71. The van der Waals surface area contributed by atoms with Gasteiger partial charge in [-0.05, 0) is 51.7 Å². The van der Waals surface area contributed by atoms with Gasteiger partial charge in [0.15, 0.2) is 5.75 Å². The monoisotopic (exact) mass is 281 g/mol. The van der Waals surface area contributed by atoms with Gasteiger partial charge >= 0.3 is 5.69 Å². The van der Waals surface area contributed by atoms with E-state index in [1.807, 2.05) is 6.07 Å². The summed E-state index contributed by atoms with van der Waals surface area (Å²) in [6.07, 6.45) is 2.24. The SMILES string of the molecule is COc1ccc(CNCCCCN(C)C)cc1[N+](=O)[O-]. The summed E-state index contributed by atoms with van der Waals surface area (Å²) in [7, 11) is 5.55. The molecule has 20 heavy (non-hydrogen) atoms. The Morgan fingerprint density at radius 1 is 1.35 bits per heavy atom. The second-order valence-electron chi connectivity index (χ2n) is 4.95. The van der Waals surface area contributed by atoms with Gasteiger partial charge in [-0.1, -0.05) is 6.07 Å². The molecule has 0 spiro atoms. The Hall–Kier alpha value is -1.66. The zero-order chi connectivity index (χ0) is 15.0. The van der Waals surface area contributed by atoms with Gasteiger partial charge in [0.2, 0.25) is 0 Å². The standard InChI is InChI=1S/C14H23N3O3/c1-16(2)9-5-4-8-15-11-12-6-7-14(20-3)13(10-12)17(18)19/h6-7,10,15H,4-5,8-9,11H2,1-3H3. The minimum atomic E-state index is -0.417. The topological polar surface area (TPSA) is 67.6 Å². The number of unbranched alkanes of at least 4 members (excludes halogenated alkanes) is 1. The van der Waals surface area contributed by atoms with Crippen molar-refractivity contribution in [2.45, 2.75) is 19.4 Å². The van der Waals surface area contributed by atoms with Crippen molar-refractivity contribution in [1.29, 1.82) is 0 Å². The van der Waals surface area contributed by atoms with Gasteiger partial charge in [0, 0.05) is 12.6 Å². The molecule has 6 heteroatoms. The Morgan fingerprint density at radius 2 is 2.10 bits per heavy atom. The molecule has 0 aliphatic rings. The van der Waals surface area contributed by atoms with Gasteiger partial charge in [-0.2, -0.15) is 0 Å². The highest BCUT2D eigenvalue weighted by Gasteiger charge is 2.14. The van der Waals surface area contributed by atoms with E-state index in [1.54, 1.807) is 12.1 Å². The first-order chi connectivity index (χ1) is 9.54. The second-order valence-corrected chi connectivity index (χ2v) is 4.95. The maximum absolute atomic E-state index is 10.9. The fraction of sp³-hybridized carbons (Fsp3) is 0.571. The lowest BCUT2D eigenvalue weighted by Gasteiger charge is -2.09. The van der Waals surface area contributed by atoms with E-state index < -0.39 is 4.92 Å². The average molecular weight is 281 g/mol. The summed E-state index contributed by atoms with van der Waals surface area (Å²) in [5.41, 5.74) is 0.907. The van der Waals surface area contributed by atoms with Crippen LogP contribution in [0.4, 0.5) is 5.69 Å². The maximum atomic E-state index is 10.9. The van der Waals surface area contributed by atoms with Gasteiger partial charge in [-0.3, -0.25) is 10.1 Å². The third-order valence-electron chi connectivity index (χ3n) is 2.98. The predicted molar refractivity (Wildman–Crippen MR) is 79.1 cm³/mol. The van der Waals surface area contributed by atoms with Crippen LogP contribution in [0.1, 0.15) is 18.4 Å². The van der Waals surface area contributed by atoms with Crippen molar-refractivity contribution >= 4 is 5.69 Å². The average Bonchev–Trinajstić information content (AvgIpc) is 2.42. The van der Waals surface area contributed by atoms with E-state index in [4.69, 9.17) is 4.74 Å². The van der Waals surface area contributed by atoms with E-state index in [0.717, 1.165) is 31.5 Å². The molecule has 0 aromatic heterocycles. The van der Waals surface area contributed by atoms with Crippen LogP contribution in [0.15, 0.2) is 18.2 Å². The molecule has 0 aliphatic heterocycles. The molecule has 1 rings (SSSR count). The molecule has 1 aromatic carbocycles. The summed E-state index contributed by atoms with van der Waals surface area (Å²) >= 11 is 0. The van der Waals surface area contributed by atoms with Crippen molar-refractivity contribution in [3.8, 4) is 5.75 Å². The number of hydrogen-bond acceptors (Lipinski definition) is 5. The Kier molecular flexibility index (Phi) is 6.97. The van der Waals surface area contributed by atoms with Crippen LogP contribution < -0.4 is 10.1 Å². The van der Waals surface area contributed by atoms with E-state index in [0.29, 0.717) is 12.3 Å². The van der Waals surface area contributed by atoms with E-state index in [2.05, 4.69) is 24.3 Å². The summed E-state index contributed by atoms with van der Waals surface area (Å²) in [5, 5.41) is 14.2. The van der Waals surface area contributed by atoms with Crippen LogP contribution in [0.5, 0.6) is 5.75 Å². The first kappa shape index (κ1) is 16.4. The van der Waals surface area contributed by atoms with Crippen LogP contribution in [-0.2, 0) is 6.54 Å². The largest absolute Gasteiger partial charge is 0.490 e. The van der Waals surface area contributed by atoms with Crippen molar-refractivity contribution in [2.75, 3.05) is 34.3 Å². The van der Waals surface area contributed by atoms with E-state index in [9.17, 15) is 10.1 Å². The predicted octanol–water partition coefficient (Wildman–Crippen LogP) is 2.03. The van der Waals surface area contributed by atoms with Crippen molar-refractivity contribution in [3.05, 3.63) is 33.9 Å². The number of nitrogens with zero attached hydrogens (tertiary/aromatic N) is 2. The highest BCUT2D eigenvalue weighted by atomic mass is 16.6. The molecule has 1 aromatic rings. The van der Waals surface area contributed by atoms with Crippen LogP contribution in [-0.4, -0.2) is 44.1 Å². The van der Waals surface area contributed by atoms with Gasteiger partial charge in [0.25, 0.3) is 0 Å². The molecular weight excluding hydrogens is 258 g/mol. The van der Waals surface area contributed by atoms with Gasteiger partial charge < -0.3 is 15.0 Å². The number of nitro benzene ring substituents is 1. The summed E-state index contributed by atoms with van der Waals surface area (Å²) in [6.45, 7) is 2.62. The molecule has 112 valence electrons. The molecule has 0 fully saturated rings. The van der Waals surface area contributed by atoms with Crippen LogP contribution in [0.2, 0.25) is 0 Å². The van der Waals surface area contributed by atoms with E-state index in [-0.39, 0.29) is 5.69 Å². The highest BCUT2D eigenvalue weighted by Crippen LogP contribution is 2.27. The number of hydrogen-bond donors (Lipinski definition) is 1. The lowest BCUT2D eigenvalue weighted by atomic mass is 10.2. The molecule has 0 amide bonds. The molecular formula is C14H23N3O3. The van der Waals surface area contributed by atoms with Crippen molar-refractivity contribution in [2.24, 2.45) is 0 Å². The molecule has 6 nitrogen and oxygen atoms in total. The van der Waals surface area contributed by atoms with Crippen molar-refractivity contribution in [1.82, 2.24) is 10.2 Å². The quantitative estimate of drug-likeness (QED) is 0.426. The number of benzene rings is 1. The molecule has 0 radical (unpaired) electrons. The molecule has 0 aliphatic carbocycles. The highest BCUT2D eigenvalue weighted by molar-refractivity contribution is 5.48. The smallest absolute Gasteiger partial charge is 0.311 e. The van der Waals surface area contributed by atoms with E-state index >= 15 is 0 Å². The minimum absolute atomic E-state index is 0.0133. The normalized spacial score (nSPS) is 10.8. The molecule has 0 heterocycles. The Morgan fingerprint density at radius 3 is 2.70 bits per heavy atom. The molecule has 1 N–H and O–H groups in total. The minimum Gasteiger partial charge on any atom is -0.490 e. The van der Waals surface area contributed by atoms with Crippen LogP contribution in [0.3, 0.4) is 0 Å². The van der Waals surface area contributed by atoms with Crippen LogP contribution in [0, 0.1) is 10.1 Å². The summed E-state index contributed by atoms with van der Waals surface area (Å²) < 4.78 is 4.97. The fourth-order valence-electron chi connectivity index (χ4n) is 1.90. The third kappa shape index (κ3) is 5.54. The Bertz CT molecular complexity index is 436. The number of nitrogens with one attached hydrogen (secondary N) is 1. The van der Waals surface area contributed by atoms with Gasteiger partial charge in [0.1, 0.15) is 0 Å². The zero-order valence-electron chi connectivity index (χ0n) is 12.4. The van der Waals surface area contributed by atoms with Gasteiger partial charge in [-0.15, -0.1) is 0 Å². The lowest BCUT2D eigenvalue weighted by molar-refractivity contribution is -0.385. The zero-order valence-corrected chi connectivity index (χ0v) is 12.4. The number of ether oxygens (including phenoxy) is 1. The lowest BCUT2D eigenvalue weighted by Crippen LogP contribution is -2.18. The summed E-state index contributed by atoms with van der Waals surface area (Å²) in [6, 6.07) is 5.05. The molecule has 0 unspecified atom stereocenters. The van der Waals surface area contributed by atoms with Crippen molar-refractivity contribution in [3.63, 3.8) is 0 Å². The molecule has 0 atom stereocenters. The van der Waals surface area contributed by atoms with Gasteiger partial charge in [0.05, 0.1) is 12.0 Å². The Balaban J connectivity index is 2.41. The fourth-order valence-corrected chi connectivity index (χ4v) is 1.90. The number of rotatable bonds is 9. The van der Waals surface area contributed by atoms with Crippen molar-refractivity contribution < 1.29 is 9.66 Å². The molecule has 0 saturated carbocycles. The van der Waals surface area contributed by atoms with E-state index in [1.165, 1.54) is 7.11 Å². The van der Waals surface area contributed by atoms with Gasteiger partial charge in [-0.25, -0.2) is 0 Å². The van der Waals surface area contributed by atoms with Crippen LogP contribution in [0.25, 0.3) is 0 Å². The number of nitro groups is 1. The Labute approximate surface area is 119 Å². The first-order valence-corrected chi connectivity index (χ1v) is 6.71. The molecule has 0 saturated heterocycles. The third-order valence-corrected chi connectivity index (χ3v) is 2.98. The second kappa shape index (κ2) is 8.50. The molecule has 0 bridgehead atoms.